The number of benzene rings is 1. The van der Waals surface area contributed by atoms with Gasteiger partial charge in [-0.1, -0.05) is 26.8 Å². The van der Waals surface area contributed by atoms with Gasteiger partial charge < -0.3 is 20.1 Å². The number of anilines is 1. The Balaban J connectivity index is 1.62. The quantitative estimate of drug-likeness (QED) is 0.725. The van der Waals surface area contributed by atoms with Gasteiger partial charge in [-0.25, -0.2) is 0 Å². The number of carbonyl (C=O) groups is 1. The van der Waals surface area contributed by atoms with Crippen LogP contribution in [-0.2, 0) is 12.8 Å². The maximum Gasteiger partial charge on any atom is 0.256 e. The standard InChI is InChI=1S/C23H30N2O3S/c1-6-28-16-10-7-13(11-17(16)27-5)20-24-21(26)19-15-9-8-14(23(2,3)4)12-18(15)29-22(19)25-20/h7,10-11,14,20,25H,6,8-9,12H2,1-5H3,(H,24,26)/t14-,20-/m1/s1. The average Bonchev–Trinajstić information content (AvgIpc) is 3.06. The summed E-state index contributed by atoms with van der Waals surface area (Å²) in [5, 5.41) is 7.67. The minimum absolute atomic E-state index is 0.0170. The first-order chi connectivity index (χ1) is 13.8. The number of amides is 1. The van der Waals surface area contributed by atoms with Crippen LogP contribution in [0.1, 0.15) is 66.6 Å². The van der Waals surface area contributed by atoms with E-state index in [1.54, 1.807) is 18.4 Å². The van der Waals surface area contributed by atoms with Gasteiger partial charge in [-0.2, -0.15) is 0 Å². The summed E-state index contributed by atoms with van der Waals surface area (Å²) >= 11 is 1.75. The number of hydrogen-bond donors (Lipinski definition) is 2. The molecule has 0 saturated heterocycles. The van der Waals surface area contributed by atoms with Gasteiger partial charge in [0.25, 0.3) is 5.91 Å². The normalized spacial score (nSPS) is 20.9. The van der Waals surface area contributed by atoms with Crippen LogP contribution in [0.3, 0.4) is 0 Å². The molecule has 0 radical (unpaired) electrons. The van der Waals surface area contributed by atoms with Crippen molar-refractivity contribution in [2.45, 2.75) is 53.1 Å². The Kier molecular flexibility index (Phi) is 5.23. The van der Waals surface area contributed by atoms with E-state index in [-0.39, 0.29) is 12.1 Å². The summed E-state index contributed by atoms with van der Waals surface area (Å²) in [5.74, 6) is 2.05. The molecule has 0 unspecified atom stereocenters. The Labute approximate surface area is 176 Å². The van der Waals surface area contributed by atoms with E-state index in [1.807, 2.05) is 25.1 Å². The molecule has 0 fully saturated rings. The molecule has 0 spiro atoms. The van der Waals surface area contributed by atoms with E-state index >= 15 is 0 Å². The molecular weight excluding hydrogens is 384 g/mol. The van der Waals surface area contributed by atoms with Crippen LogP contribution >= 0.6 is 11.3 Å². The Bertz CT molecular complexity index is 929. The van der Waals surface area contributed by atoms with Gasteiger partial charge in [-0.05, 0) is 60.8 Å². The number of thiophene rings is 1. The molecule has 0 saturated carbocycles. The molecule has 2 aromatic rings. The van der Waals surface area contributed by atoms with Crippen molar-refractivity contribution in [2.75, 3.05) is 19.0 Å². The predicted molar refractivity (Wildman–Crippen MR) is 117 cm³/mol. The third kappa shape index (κ3) is 3.70. The van der Waals surface area contributed by atoms with Crippen molar-refractivity contribution in [3.8, 4) is 11.5 Å². The van der Waals surface area contributed by atoms with E-state index in [0.29, 0.717) is 29.4 Å². The fourth-order valence-electron chi connectivity index (χ4n) is 4.34. The molecule has 0 bridgehead atoms. The molecule has 1 aliphatic heterocycles. The largest absolute Gasteiger partial charge is 0.493 e. The van der Waals surface area contributed by atoms with Crippen LogP contribution in [0, 0.1) is 11.3 Å². The second-order valence-corrected chi connectivity index (χ2v) is 10.0. The topological polar surface area (TPSA) is 59.6 Å². The van der Waals surface area contributed by atoms with Gasteiger partial charge >= 0.3 is 0 Å². The third-order valence-electron chi connectivity index (χ3n) is 6.09. The zero-order valence-corrected chi connectivity index (χ0v) is 18.7. The summed E-state index contributed by atoms with van der Waals surface area (Å²) in [6.07, 6.45) is 2.91. The van der Waals surface area contributed by atoms with E-state index in [4.69, 9.17) is 9.47 Å². The van der Waals surface area contributed by atoms with Crippen LogP contribution < -0.4 is 20.1 Å². The summed E-state index contributed by atoms with van der Waals surface area (Å²) in [6.45, 7) is 9.47. The van der Waals surface area contributed by atoms with Gasteiger partial charge in [0.05, 0.1) is 19.3 Å². The van der Waals surface area contributed by atoms with E-state index < -0.39 is 0 Å². The van der Waals surface area contributed by atoms with E-state index in [9.17, 15) is 4.79 Å². The van der Waals surface area contributed by atoms with Crippen molar-refractivity contribution in [3.63, 3.8) is 0 Å². The van der Waals surface area contributed by atoms with Crippen molar-refractivity contribution in [2.24, 2.45) is 11.3 Å². The van der Waals surface area contributed by atoms with Crippen LogP contribution in [0.25, 0.3) is 0 Å². The first-order valence-electron chi connectivity index (χ1n) is 10.3. The zero-order chi connectivity index (χ0) is 20.8. The maximum absolute atomic E-state index is 13.0. The van der Waals surface area contributed by atoms with Crippen molar-refractivity contribution < 1.29 is 14.3 Å². The predicted octanol–water partition coefficient (Wildman–Crippen LogP) is 5.16. The summed E-state index contributed by atoms with van der Waals surface area (Å²) in [4.78, 5) is 14.4. The first-order valence-corrected chi connectivity index (χ1v) is 11.2. The van der Waals surface area contributed by atoms with Crippen molar-refractivity contribution in [1.82, 2.24) is 5.32 Å². The number of methoxy groups -OCH3 is 1. The lowest BCUT2D eigenvalue weighted by Crippen LogP contribution is -2.38. The minimum atomic E-state index is -0.280. The van der Waals surface area contributed by atoms with Gasteiger partial charge in [-0.3, -0.25) is 4.79 Å². The van der Waals surface area contributed by atoms with Crippen molar-refractivity contribution >= 4 is 22.2 Å². The summed E-state index contributed by atoms with van der Waals surface area (Å²) in [6, 6.07) is 5.80. The molecule has 1 aliphatic carbocycles. The molecule has 2 atom stereocenters. The number of hydrogen-bond acceptors (Lipinski definition) is 5. The smallest absolute Gasteiger partial charge is 0.256 e. The third-order valence-corrected chi connectivity index (χ3v) is 7.27. The minimum Gasteiger partial charge on any atom is -0.493 e. The molecule has 2 heterocycles. The highest BCUT2D eigenvalue weighted by Crippen LogP contribution is 2.46. The lowest BCUT2D eigenvalue weighted by molar-refractivity contribution is 0.0934. The van der Waals surface area contributed by atoms with Crippen LogP contribution in [0.5, 0.6) is 11.5 Å². The Morgan fingerprint density at radius 2 is 2.00 bits per heavy atom. The number of rotatable bonds is 4. The number of nitrogens with one attached hydrogen (secondary N) is 2. The maximum atomic E-state index is 13.0. The van der Waals surface area contributed by atoms with Crippen LogP contribution in [0.4, 0.5) is 5.00 Å². The van der Waals surface area contributed by atoms with Gasteiger partial charge in [0.15, 0.2) is 11.5 Å². The highest BCUT2D eigenvalue weighted by molar-refractivity contribution is 7.16. The summed E-state index contributed by atoms with van der Waals surface area (Å²) in [7, 11) is 1.63. The van der Waals surface area contributed by atoms with Crippen molar-refractivity contribution in [3.05, 3.63) is 39.8 Å². The van der Waals surface area contributed by atoms with Gasteiger partial charge in [0.2, 0.25) is 0 Å². The second kappa shape index (κ2) is 7.56. The number of ether oxygens (including phenoxy) is 2. The Hall–Kier alpha value is -2.21. The fraction of sp³-hybridized carbons (Fsp3) is 0.522. The number of fused-ring (bicyclic) bond motifs is 3. The highest BCUT2D eigenvalue weighted by atomic mass is 32.1. The lowest BCUT2D eigenvalue weighted by atomic mass is 9.72. The monoisotopic (exact) mass is 414 g/mol. The Morgan fingerprint density at radius 3 is 2.69 bits per heavy atom. The average molecular weight is 415 g/mol. The molecule has 6 heteroatoms. The van der Waals surface area contributed by atoms with E-state index in [0.717, 1.165) is 35.4 Å². The van der Waals surface area contributed by atoms with Gasteiger partial charge in [-0.15, -0.1) is 11.3 Å². The molecule has 29 heavy (non-hydrogen) atoms. The SMILES string of the molecule is CCOc1ccc([C@@H]2NC(=O)c3c(sc4c3CC[C@@H](C(C)(C)C)C4)N2)cc1OC. The zero-order valence-electron chi connectivity index (χ0n) is 17.8. The van der Waals surface area contributed by atoms with Crippen molar-refractivity contribution in [1.29, 1.82) is 0 Å². The summed E-state index contributed by atoms with van der Waals surface area (Å²) < 4.78 is 11.1. The highest BCUT2D eigenvalue weighted by Gasteiger charge is 2.36. The molecule has 4 rings (SSSR count). The van der Waals surface area contributed by atoms with Crippen LogP contribution in [0.2, 0.25) is 0 Å². The van der Waals surface area contributed by atoms with Crippen LogP contribution in [0.15, 0.2) is 18.2 Å². The summed E-state index contributed by atoms with van der Waals surface area (Å²) in [5.41, 5.74) is 3.34. The molecule has 5 nitrogen and oxygen atoms in total. The molecular formula is C23H30N2O3S. The van der Waals surface area contributed by atoms with Gasteiger partial charge in [0.1, 0.15) is 11.2 Å². The number of carbonyl (C=O) groups excluding carboxylic acids is 1. The molecule has 156 valence electrons. The van der Waals surface area contributed by atoms with E-state index in [2.05, 4.69) is 31.4 Å². The lowest BCUT2D eigenvalue weighted by Gasteiger charge is -2.34. The van der Waals surface area contributed by atoms with E-state index in [1.165, 1.54) is 10.4 Å². The molecule has 2 N–H and O–H groups in total. The molecule has 1 amide bonds. The first kappa shape index (κ1) is 20.1. The van der Waals surface area contributed by atoms with Crippen LogP contribution in [-0.4, -0.2) is 19.6 Å². The van der Waals surface area contributed by atoms with Gasteiger partial charge in [0, 0.05) is 4.88 Å². The Morgan fingerprint density at radius 1 is 1.21 bits per heavy atom. The molecule has 1 aromatic carbocycles. The molecule has 1 aromatic heterocycles. The molecule has 2 aliphatic rings. The second-order valence-electron chi connectivity index (χ2n) is 8.91. The fourth-order valence-corrected chi connectivity index (χ4v) is 5.70.